The van der Waals surface area contributed by atoms with Crippen LogP contribution in [0, 0.1) is 5.82 Å². The largest absolute Gasteiger partial charge is 0.370 e. The number of amides is 1. The fourth-order valence-electron chi connectivity index (χ4n) is 1.78. The van der Waals surface area contributed by atoms with Crippen molar-refractivity contribution < 1.29 is 9.18 Å². The van der Waals surface area contributed by atoms with Gasteiger partial charge in [0.25, 0.3) is 0 Å². The minimum atomic E-state index is -0.874. The number of benzene rings is 2. The lowest BCUT2D eigenvalue weighted by atomic mass is 10.1. The summed E-state index contributed by atoms with van der Waals surface area (Å²) in [7, 11) is 0. The Kier molecular flexibility index (Phi) is 4.47. The number of hydrogen-bond donors (Lipinski definition) is 2. The van der Waals surface area contributed by atoms with E-state index in [9.17, 15) is 9.18 Å². The average molecular weight is 313 g/mol. The smallest absolute Gasteiger partial charge is 0.244 e. The van der Waals surface area contributed by atoms with Crippen LogP contribution in [0.25, 0.3) is 0 Å². The number of anilines is 1. The molecule has 0 aromatic heterocycles. The molecule has 2 aromatic carbocycles. The van der Waals surface area contributed by atoms with Crippen molar-refractivity contribution in [3.8, 4) is 0 Å². The van der Waals surface area contributed by atoms with Crippen LogP contribution < -0.4 is 11.1 Å². The molecule has 3 nitrogen and oxygen atoms in total. The van der Waals surface area contributed by atoms with Gasteiger partial charge in [0.15, 0.2) is 0 Å². The SMILES string of the molecule is NC(=O)C(Nc1cccc(Cl)c1)c1ccc(F)cc1Cl. The highest BCUT2D eigenvalue weighted by atomic mass is 35.5. The third kappa shape index (κ3) is 3.40. The highest BCUT2D eigenvalue weighted by Gasteiger charge is 2.20. The van der Waals surface area contributed by atoms with Crippen LogP contribution in [0.3, 0.4) is 0 Å². The van der Waals surface area contributed by atoms with Gasteiger partial charge >= 0.3 is 0 Å². The van der Waals surface area contributed by atoms with Crippen molar-refractivity contribution in [1.29, 1.82) is 0 Å². The number of nitrogens with one attached hydrogen (secondary N) is 1. The lowest BCUT2D eigenvalue weighted by Gasteiger charge is -2.18. The number of carbonyl (C=O) groups is 1. The molecule has 0 fully saturated rings. The van der Waals surface area contributed by atoms with Gasteiger partial charge in [-0.15, -0.1) is 0 Å². The molecule has 0 heterocycles. The predicted molar refractivity (Wildman–Crippen MR) is 78.4 cm³/mol. The first-order valence-electron chi connectivity index (χ1n) is 5.74. The summed E-state index contributed by atoms with van der Waals surface area (Å²) in [5, 5.41) is 3.58. The van der Waals surface area contributed by atoms with Crippen LogP contribution in [0.5, 0.6) is 0 Å². The van der Waals surface area contributed by atoms with Crippen LogP contribution in [0.1, 0.15) is 11.6 Å². The molecule has 0 radical (unpaired) electrons. The van der Waals surface area contributed by atoms with Gasteiger partial charge in [-0.2, -0.15) is 0 Å². The zero-order valence-corrected chi connectivity index (χ0v) is 11.8. The van der Waals surface area contributed by atoms with Crippen LogP contribution in [-0.4, -0.2) is 5.91 Å². The first-order chi connectivity index (χ1) is 9.47. The molecular formula is C14H11Cl2FN2O. The minimum Gasteiger partial charge on any atom is -0.370 e. The molecule has 0 saturated carbocycles. The molecule has 6 heteroatoms. The second-order valence-electron chi connectivity index (χ2n) is 4.16. The predicted octanol–water partition coefficient (Wildman–Crippen LogP) is 3.77. The van der Waals surface area contributed by atoms with Crippen molar-refractivity contribution in [2.45, 2.75) is 6.04 Å². The van der Waals surface area contributed by atoms with Crippen molar-refractivity contribution >= 4 is 34.8 Å². The van der Waals surface area contributed by atoms with E-state index >= 15 is 0 Å². The monoisotopic (exact) mass is 312 g/mol. The van der Waals surface area contributed by atoms with Gasteiger partial charge in [0.05, 0.1) is 0 Å². The van der Waals surface area contributed by atoms with Crippen molar-refractivity contribution in [2.75, 3.05) is 5.32 Å². The highest BCUT2D eigenvalue weighted by Crippen LogP contribution is 2.27. The first kappa shape index (κ1) is 14.6. The molecule has 0 saturated heterocycles. The number of nitrogens with two attached hydrogens (primary N) is 1. The topological polar surface area (TPSA) is 55.1 Å². The Morgan fingerprint density at radius 2 is 1.95 bits per heavy atom. The van der Waals surface area contributed by atoms with Gasteiger partial charge in [0.2, 0.25) is 5.91 Å². The summed E-state index contributed by atoms with van der Waals surface area (Å²) in [6.45, 7) is 0. The summed E-state index contributed by atoms with van der Waals surface area (Å²) in [5.41, 5.74) is 6.39. The van der Waals surface area contributed by atoms with Crippen LogP contribution in [0.15, 0.2) is 42.5 Å². The maximum absolute atomic E-state index is 13.1. The van der Waals surface area contributed by atoms with Gasteiger partial charge < -0.3 is 11.1 Å². The van der Waals surface area contributed by atoms with E-state index < -0.39 is 17.8 Å². The van der Waals surface area contributed by atoms with Crippen LogP contribution >= 0.6 is 23.2 Å². The fourth-order valence-corrected chi connectivity index (χ4v) is 2.25. The fraction of sp³-hybridized carbons (Fsp3) is 0.0714. The van der Waals surface area contributed by atoms with E-state index in [1.807, 2.05) is 0 Å². The summed E-state index contributed by atoms with van der Waals surface area (Å²) < 4.78 is 13.1. The molecule has 0 spiro atoms. The van der Waals surface area contributed by atoms with E-state index in [0.29, 0.717) is 16.3 Å². The van der Waals surface area contributed by atoms with E-state index in [2.05, 4.69) is 5.32 Å². The van der Waals surface area contributed by atoms with Gasteiger partial charge in [-0.05, 0) is 30.3 Å². The summed E-state index contributed by atoms with van der Waals surface area (Å²) in [6, 6.07) is 9.72. The summed E-state index contributed by atoms with van der Waals surface area (Å²) in [5.74, 6) is -1.11. The number of rotatable bonds is 4. The van der Waals surface area contributed by atoms with Gasteiger partial charge in [0, 0.05) is 21.3 Å². The molecule has 0 aliphatic rings. The maximum Gasteiger partial charge on any atom is 0.244 e. The lowest BCUT2D eigenvalue weighted by Crippen LogP contribution is -2.28. The van der Waals surface area contributed by atoms with Crippen molar-refractivity contribution in [2.24, 2.45) is 5.73 Å². The van der Waals surface area contributed by atoms with E-state index in [-0.39, 0.29) is 5.02 Å². The molecule has 2 aromatic rings. The molecule has 1 atom stereocenters. The average Bonchev–Trinajstić information content (AvgIpc) is 2.36. The molecule has 3 N–H and O–H groups in total. The van der Waals surface area contributed by atoms with E-state index in [1.54, 1.807) is 24.3 Å². The molecule has 1 amide bonds. The van der Waals surface area contributed by atoms with E-state index in [0.717, 1.165) is 6.07 Å². The Hall–Kier alpha value is -1.78. The van der Waals surface area contributed by atoms with Crippen molar-refractivity contribution in [1.82, 2.24) is 0 Å². The lowest BCUT2D eigenvalue weighted by molar-refractivity contribution is -0.118. The van der Waals surface area contributed by atoms with Gasteiger partial charge in [-0.1, -0.05) is 35.3 Å². The quantitative estimate of drug-likeness (QED) is 0.903. The van der Waals surface area contributed by atoms with Crippen LogP contribution in [0.2, 0.25) is 10.0 Å². The molecule has 104 valence electrons. The van der Waals surface area contributed by atoms with Gasteiger partial charge in [0.1, 0.15) is 11.9 Å². The summed E-state index contributed by atoms with van der Waals surface area (Å²) >= 11 is 11.8. The molecule has 20 heavy (non-hydrogen) atoms. The number of carbonyl (C=O) groups excluding carboxylic acids is 1. The molecule has 0 aliphatic carbocycles. The number of halogens is 3. The Morgan fingerprint density at radius 1 is 1.20 bits per heavy atom. The second-order valence-corrected chi connectivity index (χ2v) is 5.00. The van der Waals surface area contributed by atoms with Crippen LogP contribution in [-0.2, 0) is 4.79 Å². The third-order valence-corrected chi connectivity index (χ3v) is 3.26. The molecule has 2 rings (SSSR count). The molecular weight excluding hydrogens is 302 g/mol. The van der Waals surface area contributed by atoms with Gasteiger partial charge in [-0.25, -0.2) is 4.39 Å². The first-order valence-corrected chi connectivity index (χ1v) is 6.49. The second kappa shape index (κ2) is 6.11. The Balaban J connectivity index is 2.34. The van der Waals surface area contributed by atoms with E-state index in [4.69, 9.17) is 28.9 Å². The summed E-state index contributed by atoms with van der Waals surface area (Å²) in [6.07, 6.45) is 0. The molecule has 0 aliphatic heterocycles. The summed E-state index contributed by atoms with van der Waals surface area (Å²) in [4.78, 5) is 11.6. The maximum atomic E-state index is 13.1. The van der Waals surface area contributed by atoms with Gasteiger partial charge in [-0.3, -0.25) is 4.79 Å². The normalized spacial score (nSPS) is 11.9. The Labute approximate surface area is 125 Å². The van der Waals surface area contributed by atoms with Crippen LogP contribution in [0.4, 0.5) is 10.1 Å². The zero-order chi connectivity index (χ0) is 14.7. The highest BCUT2D eigenvalue weighted by molar-refractivity contribution is 6.31. The minimum absolute atomic E-state index is 0.128. The zero-order valence-electron chi connectivity index (χ0n) is 10.2. The Morgan fingerprint density at radius 3 is 2.55 bits per heavy atom. The van der Waals surface area contributed by atoms with E-state index in [1.165, 1.54) is 12.1 Å². The van der Waals surface area contributed by atoms with Crippen molar-refractivity contribution in [3.63, 3.8) is 0 Å². The third-order valence-electron chi connectivity index (χ3n) is 2.69. The number of hydrogen-bond acceptors (Lipinski definition) is 2. The molecule has 1 unspecified atom stereocenters. The molecule has 0 bridgehead atoms. The Bertz CT molecular complexity index is 649. The number of primary amides is 1. The standard InChI is InChI=1S/C14H11Cl2FN2O/c15-8-2-1-3-10(6-8)19-13(14(18)20)11-5-4-9(17)7-12(11)16/h1-7,13,19H,(H2,18,20). The van der Waals surface area contributed by atoms with Crippen molar-refractivity contribution in [3.05, 3.63) is 63.9 Å².